The van der Waals surface area contributed by atoms with Gasteiger partial charge in [0.05, 0.1) is 16.3 Å². The van der Waals surface area contributed by atoms with Crippen molar-refractivity contribution in [3.8, 4) is 0 Å². The number of thiophene rings is 1. The third kappa shape index (κ3) is 3.26. The highest BCUT2D eigenvalue weighted by molar-refractivity contribution is 7.21. The fourth-order valence-corrected chi connectivity index (χ4v) is 3.67. The minimum atomic E-state index is -0.578. The van der Waals surface area contributed by atoms with Crippen molar-refractivity contribution in [1.82, 2.24) is 5.43 Å². The van der Waals surface area contributed by atoms with Crippen molar-refractivity contribution < 1.29 is 13.6 Å². The number of carbonyl (C=O) groups excluding carboxylic acids is 1. The summed E-state index contributed by atoms with van der Waals surface area (Å²) in [5.74, 6) is -1.55. The molecule has 0 aliphatic heterocycles. The maximum absolute atomic E-state index is 13.6. The van der Waals surface area contributed by atoms with Crippen LogP contribution in [0.15, 0.2) is 41.5 Å². The normalized spacial score (nSPS) is 11.3. The van der Waals surface area contributed by atoms with Crippen molar-refractivity contribution in [2.75, 3.05) is 0 Å². The molecule has 0 saturated carbocycles. The molecule has 3 aromatic rings. The first-order valence-electron chi connectivity index (χ1n) is 6.62. The van der Waals surface area contributed by atoms with Gasteiger partial charge in [0.25, 0.3) is 5.91 Å². The van der Waals surface area contributed by atoms with Crippen LogP contribution in [0.3, 0.4) is 0 Å². The fraction of sp³-hybridized carbons (Fsp3) is 0. The van der Waals surface area contributed by atoms with E-state index in [4.69, 9.17) is 23.2 Å². The third-order valence-corrected chi connectivity index (χ3v) is 5.14. The van der Waals surface area contributed by atoms with Crippen LogP contribution >= 0.6 is 34.5 Å². The van der Waals surface area contributed by atoms with Crippen LogP contribution in [0.1, 0.15) is 15.2 Å². The Morgan fingerprint density at radius 2 is 2.00 bits per heavy atom. The van der Waals surface area contributed by atoms with E-state index in [0.29, 0.717) is 10.1 Å². The first-order chi connectivity index (χ1) is 11.5. The molecular weight excluding hydrogens is 377 g/mol. The number of fused-ring (bicyclic) bond motifs is 1. The molecule has 1 N–H and O–H groups in total. The lowest BCUT2D eigenvalue weighted by atomic mass is 10.2. The smallest absolute Gasteiger partial charge is 0.266 e. The van der Waals surface area contributed by atoms with E-state index >= 15 is 0 Å². The highest BCUT2D eigenvalue weighted by Crippen LogP contribution is 2.35. The number of carbonyl (C=O) groups is 1. The first kappa shape index (κ1) is 16.8. The number of nitrogens with one attached hydrogen (secondary N) is 1. The van der Waals surface area contributed by atoms with Gasteiger partial charge in [0.1, 0.15) is 16.5 Å². The van der Waals surface area contributed by atoms with Crippen molar-refractivity contribution in [3.63, 3.8) is 0 Å². The van der Waals surface area contributed by atoms with Crippen LogP contribution in [0.4, 0.5) is 8.78 Å². The predicted octanol–water partition coefficient (Wildman–Crippen LogP) is 5.25. The molecule has 122 valence electrons. The van der Waals surface area contributed by atoms with Crippen LogP contribution in [-0.4, -0.2) is 12.1 Å². The second-order valence-corrected chi connectivity index (χ2v) is 6.56. The number of hydrogen-bond donors (Lipinski definition) is 1. The summed E-state index contributed by atoms with van der Waals surface area (Å²) >= 11 is 13.0. The summed E-state index contributed by atoms with van der Waals surface area (Å²) in [5, 5.41) is 4.66. The van der Waals surface area contributed by atoms with Crippen LogP contribution < -0.4 is 5.43 Å². The second-order valence-electron chi connectivity index (χ2n) is 4.72. The molecule has 0 radical (unpaired) electrons. The lowest BCUT2D eigenvalue weighted by Crippen LogP contribution is -2.16. The van der Waals surface area contributed by atoms with E-state index in [9.17, 15) is 13.6 Å². The SMILES string of the molecule is O=C(N/N=C/c1c(F)cccc1Cl)c1sc2cc(F)ccc2c1Cl. The van der Waals surface area contributed by atoms with Crippen molar-refractivity contribution >= 4 is 56.7 Å². The maximum Gasteiger partial charge on any atom is 0.283 e. The molecule has 1 aromatic heterocycles. The van der Waals surface area contributed by atoms with Crippen molar-refractivity contribution in [3.05, 3.63) is 68.5 Å². The van der Waals surface area contributed by atoms with Crippen molar-refractivity contribution in [2.45, 2.75) is 0 Å². The van der Waals surface area contributed by atoms with Gasteiger partial charge < -0.3 is 0 Å². The van der Waals surface area contributed by atoms with Gasteiger partial charge >= 0.3 is 0 Å². The number of nitrogens with zero attached hydrogens (tertiary/aromatic N) is 1. The van der Waals surface area contributed by atoms with Gasteiger partial charge in [0.2, 0.25) is 0 Å². The minimum absolute atomic E-state index is 0.0592. The van der Waals surface area contributed by atoms with E-state index in [0.717, 1.165) is 17.6 Å². The molecule has 0 unspecified atom stereocenters. The lowest BCUT2D eigenvalue weighted by Gasteiger charge is -2.00. The molecular formula is C16H8Cl2F2N2OS. The van der Waals surface area contributed by atoms with E-state index in [1.54, 1.807) is 0 Å². The monoisotopic (exact) mass is 384 g/mol. The number of benzene rings is 2. The summed E-state index contributed by atoms with van der Waals surface area (Å²) in [7, 11) is 0. The van der Waals surface area contributed by atoms with E-state index in [-0.39, 0.29) is 20.5 Å². The summed E-state index contributed by atoms with van der Waals surface area (Å²) in [6, 6.07) is 8.26. The summed E-state index contributed by atoms with van der Waals surface area (Å²) in [6.45, 7) is 0. The van der Waals surface area contributed by atoms with E-state index in [2.05, 4.69) is 10.5 Å². The minimum Gasteiger partial charge on any atom is -0.266 e. The highest BCUT2D eigenvalue weighted by Gasteiger charge is 2.17. The molecule has 3 nitrogen and oxygen atoms in total. The molecule has 1 amide bonds. The number of rotatable bonds is 3. The van der Waals surface area contributed by atoms with Gasteiger partial charge in [-0.3, -0.25) is 4.79 Å². The van der Waals surface area contributed by atoms with E-state index in [1.807, 2.05) is 0 Å². The standard InChI is InChI=1S/C16H8Cl2F2N2OS/c17-11-2-1-3-12(20)10(11)7-21-22-16(23)15-14(18)9-5-4-8(19)6-13(9)24-15/h1-7H,(H,22,23)/b21-7+. The van der Waals surface area contributed by atoms with E-state index in [1.165, 1.54) is 36.4 Å². The van der Waals surface area contributed by atoms with Crippen LogP contribution in [0.25, 0.3) is 10.1 Å². The first-order valence-corrected chi connectivity index (χ1v) is 8.19. The highest BCUT2D eigenvalue weighted by atomic mass is 35.5. The van der Waals surface area contributed by atoms with Crippen molar-refractivity contribution in [1.29, 1.82) is 0 Å². The van der Waals surface area contributed by atoms with E-state index < -0.39 is 17.5 Å². The molecule has 8 heteroatoms. The van der Waals surface area contributed by atoms with Crippen LogP contribution in [0, 0.1) is 11.6 Å². The fourth-order valence-electron chi connectivity index (χ4n) is 2.03. The second kappa shape index (κ2) is 6.84. The largest absolute Gasteiger partial charge is 0.283 e. The zero-order chi connectivity index (χ0) is 17.3. The Balaban J connectivity index is 1.83. The number of hydrogen-bond acceptors (Lipinski definition) is 3. The van der Waals surface area contributed by atoms with Gasteiger partial charge in [0.15, 0.2) is 0 Å². The molecule has 24 heavy (non-hydrogen) atoms. The number of amides is 1. The Kier molecular flexibility index (Phi) is 4.80. The molecule has 2 aromatic carbocycles. The lowest BCUT2D eigenvalue weighted by molar-refractivity contribution is 0.0959. The molecule has 0 aliphatic rings. The van der Waals surface area contributed by atoms with Gasteiger partial charge in [-0.2, -0.15) is 5.10 Å². The molecule has 0 fully saturated rings. The van der Waals surface area contributed by atoms with Gasteiger partial charge in [-0.05, 0) is 30.3 Å². The molecule has 0 aliphatic carbocycles. The Labute approximate surface area is 149 Å². The Morgan fingerprint density at radius 3 is 2.75 bits per heavy atom. The van der Waals surface area contributed by atoms with Gasteiger partial charge in [-0.15, -0.1) is 11.3 Å². The Bertz CT molecular complexity index is 952. The summed E-state index contributed by atoms with van der Waals surface area (Å²) < 4.78 is 27.4. The Morgan fingerprint density at radius 1 is 1.21 bits per heavy atom. The molecule has 0 bridgehead atoms. The molecule has 0 saturated heterocycles. The Hall–Kier alpha value is -2.02. The van der Waals surface area contributed by atoms with Gasteiger partial charge in [0, 0.05) is 15.6 Å². The average molecular weight is 385 g/mol. The molecule has 0 atom stereocenters. The average Bonchev–Trinajstić information content (AvgIpc) is 2.86. The zero-order valence-corrected chi connectivity index (χ0v) is 14.1. The third-order valence-electron chi connectivity index (χ3n) is 3.16. The quantitative estimate of drug-likeness (QED) is 0.486. The van der Waals surface area contributed by atoms with Gasteiger partial charge in [-0.25, -0.2) is 14.2 Å². The predicted molar refractivity (Wildman–Crippen MR) is 93.3 cm³/mol. The summed E-state index contributed by atoms with van der Waals surface area (Å²) in [6.07, 6.45) is 1.11. The molecule has 1 heterocycles. The van der Waals surface area contributed by atoms with Crippen LogP contribution in [-0.2, 0) is 0 Å². The van der Waals surface area contributed by atoms with Crippen LogP contribution in [0.5, 0.6) is 0 Å². The molecule has 0 spiro atoms. The topological polar surface area (TPSA) is 41.5 Å². The summed E-state index contributed by atoms with van der Waals surface area (Å²) in [5.41, 5.74) is 2.31. The molecule has 3 rings (SSSR count). The van der Waals surface area contributed by atoms with Gasteiger partial charge in [-0.1, -0.05) is 29.3 Å². The van der Waals surface area contributed by atoms with Crippen molar-refractivity contribution in [2.24, 2.45) is 5.10 Å². The maximum atomic E-state index is 13.6. The number of halogens is 4. The van der Waals surface area contributed by atoms with Crippen LogP contribution in [0.2, 0.25) is 10.0 Å². The number of hydrazone groups is 1. The zero-order valence-electron chi connectivity index (χ0n) is 11.8. The summed E-state index contributed by atoms with van der Waals surface area (Å²) in [4.78, 5) is 12.3.